The molecule has 0 atom stereocenters. The summed E-state index contributed by atoms with van der Waals surface area (Å²) in [6, 6.07) is 17.7. The van der Waals surface area contributed by atoms with Crippen molar-refractivity contribution in [1.29, 1.82) is 0 Å². The molecule has 114 valence electrons. The Labute approximate surface area is 130 Å². The van der Waals surface area contributed by atoms with Gasteiger partial charge in [-0.2, -0.15) is 0 Å². The number of hydrogen-bond donors (Lipinski definition) is 1. The molecule has 1 N–H and O–H groups in total. The van der Waals surface area contributed by atoms with E-state index >= 15 is 0 Å². The Kier molecular flexibility index (Phi) is 4.73. The van der Waals surface area contributed by atoms with Crippen LogP contribution in [0, 0.1) is 0 Å². The Balaban J connectivity index is 2.14. The fraction of sp³-hybridized carbons (Fsp3) is 0.222. The van der Waals surface area contributed by atoms with Crippen LogP contribution in [0.1, 0.15) is 29.8 Å². The van der Waals surface area contributed by atoms with E-state index in [1.165, 1.54) is 13.8 Å². The molecule has 4 nitrogen and oxygen atoms in total. The molecule has 0 heterocycles. The predicted molar refractivity (Wildman–Crippen MR) is 83.6 cm³/mol. The molecule has 0 saturated carbocycles. The highest BCUT2D eigenvalue weighted by molar-refractivity contribution is 6.04. The van der Waals surface area contributed by atoms with Gasteiger partial charge in [0.2, 0.25) is 0 Å². The maximum atomic E-state index is 12.5. The molecular formula is C18H19NO3. The molecule has 0 aliphatic carbocycles. The van der Waals surface area contributed by atoms with Gasteiger partial charge in [0.05, 0.1) is 6.42 Å². The molecule has 0 aliphatic rings. The van der Waals surface area contributed by atoms with Crippen molar-refractivity contribution < 1.29 is 14.8 Å². The molecule has 0 bridgehead atoms. The molecule has 0 radical (unpaired) electrons. The first-order chi connectivity index (χ1) is 10.4. The molecule has 22 heavy (non-hydrogen) atoms. The smallest absolute Gasteiger partial charge is 0.251 e. The van der Waals surface area contributed by atoms with E-state index in [0.717, 1.165) is 5.56 Å². The summed E-state index contributed by atoms with van der Waals surface area (Å²) >= 11 is 0. The van der Waals surface area contributed by atoms with Gasteiger partial charge in [-0.1, -0.05) is 60.7 Å². The van der Waals surface area contributed by atoms with Crippen LogP contribution >= 0.6 is 0 Å². The van der Waals surface area contributed by atoms with Crippen molar-refractivity contribution in [3.8, 4) is 0 Å². The number of nitrogens with zero attached hydrogens (tertiary/aromatic N) is 1. The molecule has 0 unspecified atom stereocenters. The van der Waals surface area contributed by atoms with Crippen LogP contribution in [-0.4, -0.2) is 27.5 Å². The van der Waals surface area contributed by atoms with Crippen LogP contribution in [-0.2, 0) is 11.2 Å². The maximum absolute atomic E-state index is 12.5. The highest BCUT2D eigenvalue weighted by Gasteiger charge is 2.37. The summed E-state index contributed by atoms with van der Waals surface area (Å²) in [5.41, 5.74) is -0.0821. The lowest BCUT2D eigenvalue weighted by Gasteiger charge is -2.32. The molecule has 1 amide bonds. The minimum absolute atomic E-state index is 0.0445. The fourth-order valence-electron chi connectivity index (χ4n) is 2.20. The van der Waals surface area contributed by atoms with Gasteiger partial charge in [-0.25, -0.2) is 5.06 Å². The summed E-state index contributed by atoms with van der Waals surface area (Å²) in [5.74, 6) is -0.822. The Morgan fingerprint density at radius 2 is 1.45 bits per heavy atom. The fourth-order valence-corrected chi connectivity index (χ4v) is 2.20. The lowest BCUT2D eigenvalue weighted by Crippen LogP contribution is -2.51. The number of benzene rings is 2. The lowest BCUT2D eigenvalue weighted by molar-refractivity contribution is -0.181. The van der Waals surface area contributed by atoms with Gasteiger partial charge in [0.25, 0.3) is 5.91 Å². The van der Waals surface area contributed by atoms with Crippen molar-refractivity contribution in [2.24, 2.45) is 0 Å². The number of rotatable bonds is 5. The molecule has 2 aromatic rings. The maximum Gasteiger partial charge on any atom is 0.251 e. The third-order valence-electron chi connectivity index (χ3n) is 3.56. The molecule has 4 heteroatoms. The van der Waals surface area contributed by atoms with Crippen LogP contribution in [0.3, 0.4) is 0 Å². The van der Waals surface area contributed by atoms with Gasteiger partial charge >= 0.3 is 0 Å². The highest BCUT2D eigenvalue weighted by atomic mass is 16.5. The van der Waals surface area contributed by atoms with Gasteiger partial charge in [0, 0.05) is 5.56 Å². The summed E-state index contributed by atoms with van der Waals surface area (Å²) in [6.07, 6.45) is 0.0445. The van der Waals surface area contributed by atoms with Gasteiger partial charge in [-0.15, -0.1) is 0 Å². The second kappa shape index (κ2) is 6.54. The normalized spacial score (nSPS) is 11.0. The second-order valence-corrected chi connectivity index (χ2v) is 5.62. The third-order valence-corrected chi connectivity index (χ3v) is 3.56. The second-order valence-electron chi connectivity index (χ2n) is 5.62. The first kappa shape index (κ1) is 15.9. The quantitative estimate of drug-likeness (QED) is 0.524. The number of carbonyl (C=O) groups excluding carboxylic acids is 2. The van der Waals surface area contributed by atoms with Crippen LogP contribution in [0.15, 0.2) is 60.7 Å². The van der Waals surface area contributed by atoms with E-state index in [9.17, 15) is 14.8 Å². The third kappa shape index (κ3) is 3.40. The summed E-state index contributed by atoms with van der Waals surface area (Å²) in [4.78, 5) is 24.7. The van der Waals surface area contributed by atoms with E-state index in [1.54, 1.807) is 42.5 Å². The topological polar surface area (TPSA) is 57.6 Å². The van der Waals surface area contributed by atoms with Gasteiger partial charge in [-0.3, -0.25) is 14.8 Å². The van der Waals surface area contributed by atoms with E-state index in [4.69, 9.17) is 0 Å². The monoisotopic (exact) mass is 297 g/mol. The zero-order valence-corrected chi connectivity index (χ0v) is 12.7. The number of ketones is 1. The van der Waals surface area contributed by atoms with Gasteiger partial charge in [-0.05, 0) is 19.4 Å². The molecule has 0 spiro atoms. The number of carbonyl (C=O) groups is 2. The van der Waals surface area contributed by atoms with Crippen molar-refractivity contribution in [1.82, 2.24) is 5.06 Å². The molecule has 0 fully saturated rings. The Morgan fingerprint density at radius 1 is 0.955 bits per heavy atom. The Hall–Kier alpha value is -2.46. The van der Waals surface area contributed by atoms with Crippen LogP contribution in [0.4, 0.5) is 0 Å². The molecule has 0 aliphatic heterocycles. The van der Waals surface area contributed by atoms with Gasteiger partial charge in [0.15, 0.2) is 5.78 Å². The molecule has 2 rings (SSSR count). The number of Topliss-reactive ketones (excluding diaryl/α,β-unsaturated/α-hetero) is 1. The van der Waals surface area contributed by atoms with Gasteiger partial charge < -0.3 is 0 Å². The first-order valence-corrected chi connectivity index (χ1v) is 7.08. The number of hydrogen-bond acceptors (Lipinski definition) is 3. The average molecular weight is 297 g/mol. The van der Waals surface area contributed by atoms with Crippen molar-refractivity contribution >= 4 is 11.7 Å². The highest BCUT2D eigenvalue weighted by Crippen LogP contribution is 2.20. The zero-order valence-electron chi connectivity index (χ0n) is 12.7. The Bertz CT molecular complexity index is 651. The van der Waals surface area contributed by atoms with Crippen molar-refractivity contribution in [2.45, 2.75) is 25.8 Å². The number of amides is 1. The zero-order chi connectivity index (χ0) is 16.2. The molecule has 0 saturated heterocycles. The standard InChI is InChI=1S/C18H19NO3/c1-18(2,17(21)15-11-7-4-8-12-15)19(22)16(20)13-14-9-5-3-6-10-14/h3-12,22H,13H2,1-2H3. The predicted octanol–water partition coefficient (Wildman–Crippen LogP) is 3.11. The van der Waals surface area contributed by atoms with Crippen molar-refractivity contribution in [3.05, 3.63) is 71.8 Å². The van der Waals surface area contributed by atoms with Crippen LogP contribution < -0.4 is 0 Å². The minimum atomic E-state index is -1.33. The van der Waals surface area contributed by atoms with Crippen molar-refractivity contribution in [3.63, 3.8) is 0 Å². The van der Waals surface area contributed by atoms with E-state index in [-0.39, 0.29) is 12.2 Å². The average Bonchev–Trinajstić information content (AvgIpc) is 2.55. The van der Waals surface area contributed by atoms with Crippen LogP contribution in [0.25, 0.3) is 0 Å². The van der Waals surface area contributed by atoms with E-state index in [2.05, 4.69) is 0 Å². The lowest BCUT2D eigenvalue weighted by atomic mass is 9.92. The van der Waals surface area contributed by atoms with Gasteiger partial charge in [0.1, 0.15) is 5.54 Å². The SMILES string of the molecule is CC(C)(C(=O)c1ccccc1)N(O)C(=O)Cc1ccccc1. The molecule has 0 aromatic heterocycles. The van der Waals surface area contributed by atoms with Crippen LogP contribution in [0.2, 0.25) is 0 Å². The summed E-state index contributed by atoms with van der Waals surface area (Å²) in [7, 11) is 0. The molecule has 2 aromatic carbocycles. The van der Waals surface area contributed by atoms with E-state index in [0.29, 0.717) is 10.6 Å². The largest absolute Gasteiger partial charge is 0.291 e. The van der Waals surface area contributed by atoms with Crippen molar-refractivity contribution in [2.75, 3.05) is 0 Å². The summed E-state index contributed by atoms with van der Waals surface area (Å²) in [5, 5.41) is 10.7. The Morgan fingerprint density at radius 3 is 2.00 bits per heavy atom. The number of hydroxylamine groups is 2. The first-order valence-electron chi connectivity index (χ1n) is 7.08. The summed E-state index contributed by atoms with van der Waals surface area (Å²) < 4.78 is 0. The minimum Gasteiger partial charge on any atom is -0.291 e. The van der Waals surface area contributed by atoms with E-state index < -0.39 is 11.4 Å². The van der Waals surface area contributed by atoms with Crippen LogP contribution in [0.5, 0.6) is 0 Å². The summed E-state index contributed by atoms with van der Waals surface area (Å²) in [6.45, 7) is 3.07. The van der Waals surface area contributed by atoms with E-state index in [1.807, 2.05) is 18.2 Å². The molecular weight excluding hydrogens is 278 g/mol.